The van der Waals surface area contributed by atoms with Crippen molar-refractivity contribution in [3.05, 3.63) is 29.8 Å². The molecular formula is C16H22ClNO2. The number of carbonyl (C=O) groups excluding carboxylic acids is 1. The van der Waals surface area contributed by atoms with E-state index in [4.69, 9.17) is 16.3 Å². The van der Waals surface area contributed by atoms with E-state index in [0.29, 0.717) is 29.2 Å². The monoisotopic (exact) mass is 295 g/mol. The van der Waals surface area contributed by atoms with Crippen LogP contribution in [0.3, 0.4) is 0 Å². The number of alkyl halides is 1. The lowest BCUT2D eigenvalue weighted by Gasteiger charge is -2.25. The van der Waals surface area contributed by atoms with E-state index in [1.807, 2.05) is 25.1 Å². The van der Waals surface area contributed by atoms with Gasteiger partial charge in [-0.1, -0.05) is 12.1 Å². The Kier molecular flexibility index (Phi) is 5.72. The number of ether oxygens (including phenoxy) is 1. The first-order valence-corrected chi connectivity index (χ1v) is 7.78. The first-order chi connectivity index (χ1) is 9.70. The summed E-state index contributed by atoms with van der Waals surface area (Å²) in [4.78, 5) is 12.2. The molecule has 0 bridgehead atoms. The maximum Gasteiger partial charge on any atom is 0.255 e. The highest BCUT2D eigenvalue weighted by atomic mass is 35.5. The normalized spacial score (nSPS) is 22.3. The SMILES string of the molecule is CCOc1ccccc1C(=O)NCC1CCC(Cl)CC1. The summed E-state index contributed by atoms with van der Waals surface area (Å²) in [5.41, 5.74) is 0.611. The highest BCUT2D eigenvalue weighted by molar-refractivity contribution is 6.20. The van der Waals surface area contributed by atoms with Crippen molar-refractivity contribution < 1.29 is 9.53 Å². The van der Waals surface area contributed by atoms with Gasteiger partial charge in [0, 0.05) is 11.9 Å². The van der Waals surface area contributed by atoms with Crippen molar-refractivity contribution in [2.45, 2.75) is 38.0 Å². The second-order valence-corrected chi connectivity index (χ2v) is 5.87. The Balaban J connectivity index is 1.88. The molecule has 0 heterocycles. The topological polar surface area (TPSA) is 38.3 Å². The lowest BCUT2D eigenvalue weighted by molar-refractivity contribution is 0.0940. The van der Waals surface area contributed by atoms with Crippen molar-refractivity contribution in [3.8, 4) is 5.75 Å². The standard InChI is InChI=1S/C16H22ClNO2/c1-2-20-15-6-4-3-5-14(15)16(19)18-11-12-7-9-13(17)10-8-12/h3-6,12-13H,2,7-11H2,1H3,(H,18,19). The number of para-hydroxylation sites is 1. The Morgan fingerprint density at radius 1 is 1.30 bits per heavy atom. The number of hydrogen-bond acceptors (Lipinski definition) is 2. The molecule has 1 aromatic carbocycles. The van der Waals surface area contributed by atoms with Gasteiger partial charge in [0.25, 0.3) is 5.91 Å². The van der Waals surface area contributed by atoms with Crippen molar-refractivity contribution in [1.82, 2.24) is 5.32 Å². The molecule has 0 unspecified atom stereocenters. The fraction of sp³-hybridized carbons (Fsp3) is 0.562. The fourth-order valence-corrected chi connectivity index (χ4v) is 2.85. The van der Waals surface area contributed by atoms with Crippen molar-refractivity contribution in [2.75, 3.05) is 13.2 Å². The van der Waals surface area contributed by atoms with Gasteiger partial charge in [0.2, 0.25) is 0 Å². The Hall–Kier alpha value is -1.22. The van der Waals surface area contributed by atoms with Gasteiger partial charge < -0.3 is 10.1 Å². The largest absolute Gasteiger partial charge is 0.493 e. The van der Waals surface area contributed by atoms with Gasteiger partial charge >= 0.3 is 0 Å². The van der Waals surface area contributed by atoms with Crippen LogP contribution in [0.15, 0.2) is 24.3 Å². The summed E-state index contributed by atoms with van der Waals surface area (Å²) in [5, 5.41) is 3.34. The summed E-state index contributed by atoms with van der Waals surface area (Å²) in [6.07, 6.45) is 4.30. The van der Waals surface area contributed by atoms with Crippen molar-refractivity contribution in [2.24, 2.45) is 5.92 Å². The molecule has 1 aliphatic carbocycles. The molecule has 0 radical (unpaired) electrons. The quantitative estimate of drug-likeness (QED) is 0.843. The molecule has 1 saturated carbocycles. The molecule has 0 aliphatic heterocycles. The zero-order valence-corrected chi connectivity index (χ0v) is 12.7. The number of amides is 1. The van der Waals surface area contributed by atoms with Gasteiger partial charge in [0.05, 0.1) is 12.2 Å². The summed E-state index contributed by atoms with van der Waals surface area (Å²) < 4.78 is 5.49. The molecule has 110 valence electrons. The average Bonchev–Trinajstić information content (AvgIpc) is 2.47. The summed E-state index contributed by atoms with van der Waals surface area (Å²) in [6, 6.07) is 7.37. The van der Waals surface area contributed by atoms with Gasteiger partial charge in [-0.25, -0.2) is 0 Å². The molecular weight excluding hydrogens is 274 g/mol. The molecule has 0 aromatic heterocycles. The molecule has 2 rings (SSSR count). The van der Waals surface area contributed by atoms with Crippen LogP contribution in [0.1, 0.15) is 43.0 Å². The van der Waals surface area contributed by atoms with Crippen LogP contribution < -0.4 is 10.1 Å². The summed E-state index contributed by atoms with van der Waals surface area (Å²) in [7, 11) is 0. The molecule has 1 amide bonds. The van der Waals surface area contributed by atoms with E-state index in [2.05, 4.69) is 5.32 Å². The Labute approximate surface area is 125 Å². The van der Waals surface area contributed by atoms with Gasteiger partial charge in [-0.3, -0.25) is 4.79 Å². The van der Waals surface area contributed by atoms with Crippen LogP contribution in [0.4, 0.5) is 0 Å². The van der Waals surface area contributed by atoms with Crippen LogP contribution >= 0.6 is 11.6 Å². The third-order valence-electron chi connectivity index (χ3n) is 3.76. The molecule has 0 saturated heterocycles. The first kappa shape index (κ1) is 15.2. The predicted molar refractivity (Wildman–Crippen MR) is 81.5 cm³/mol. The highest BCUT2D eigenvalue weighted by Crippen LogP contribution is 2.27. The number of benzene rings is 1. The minimum absolute atomic E-state index is 0.0537. The molecule has 0 spiro atoms. The third kappa shape index (κ3) is 4.14. The average molecular weight is 296 g/mol. The second kappa shape index (κ2) is 7.53. The zero-order valence-electron chi connectivity index (χ0n) is 11.9. The van der Waals surface area contributed by atoms with Crippen LogP contribution in [0.2, 0.25) is 0 Å². The molecule has 1 N–H and O–H groups in total. The Morgan fingerprint density at radius 2 is 2.00 bits per heavy atom. The third-order valence-corrected chi connectivity index (χ3v) is 4.20. The number of hydrogen-bond donors (Lipinski definition) is 1. The van der Waals surface area contributed by atoms with Gasteiger partial charge in [-0.15, -0.1) is 11.6 Å². The molecule has 1 aliphatic rings. The smallest absolute Gasteiger partial charge is 0.255 e. The molecule has 20 heavy (non-hydrogen) atoms. The second-order valence-electron chi connectivity index (χ2n) is 5.26. The summed E-state index contributed by atoms with van der Waals surface area (Å²) >= 11 is 6.09. The number of carbonyl (C=O) groups is 1. The van der Waals surface area contributed by atoms with Crippen LogP contribution in [-0.4, -0.2) is 24.4 Å². The van der Waals surface area contributed by atoms with Crippen LogP contribution in [-0.2, 0) is 0 Å². The number of halogens is 1. The molecule has 1 aromatic rings. The summed E-state index contributed by atoms with van der Waals surface area (Å²) in [6.45, 7) is 3.20. The number of nitrogens with one attached hydrogen (secondary N) is 1. The minimum atomic E-state index is -0.0537. The maximum absolute atomic E-state index is 12.2. The van der Waals surface area contributed by atoms with Gasteiger partial charge in [-0.05, 0) is 50.7 Å². The molecule has 0 atom stereocenters. The van der Waals surface area contributed by atoms with Crippen LogP contribution in [0.5, 0.6) is 5.75 Å². The van der Waals surface area contributed by atoms with Gasteiger partial charge in [0.15, 0.2) is 0 Å². The van der Waals surface area contributed by atoms with E-state index in [0.717, 1.165) is 32.2 Å². The molecule has 3 nitrogen and oxygen atoms in total. The fourth-order valence-electron chi connectivity index (χ4n) is 2.59. The maximum atomic E-state index is 12.2. The van der Waals surface area contributed by atoms with Crippen molar-refractivity contribution in [1.29, 1.82) is 0 Å². The van der Waals surface area contributed by atoms with Crippen molar-refractivity contribution in [3.63, 3.8) is 0 Å². The summed E-state index contributed by atoms with van der Waals surface area (Å²) in [5.74, 6) is 1.15. The van der Waals surface area contributed by atoms with E-state index in [9.17, 15) is 4.79 Å². The Morgan fingerprint density at radius 3 is 2.70 bits per heavy atom. The van der Waals surface area contributed by atoms with E-state index < -0.39 is 0 Å². The minimum Gasteiger partial charge on any atom is -0.493 e. The van der Waals surface area contributed by atoms with Gasteiger partial charge in [0.1, 0.15) is 5.75 Å². The van der Waals surface area contributed by atoms with E-state index >= 15 is 0 Å². The van der Waals surface area contributed by atoms with E-state index in [1.54, 1.807) is 6.07 Å². The van der Waals surface area contributed by atoms with Crippen LogP contribution in [0, 0.1) is 5.92 Å². The van der Waals surface area contributed by atoms with Crippen molar-refractivity contribution >= 4 is 17.5 Å². The number of rotatable bonds is 5. The highest BCUT2D eigenvalue weighted by Gasteiger charge is 2.20. The van der Waals surface area contributed by atoms with Crippen LogP contribution in [0.25, 0.3) is 0 Å². The molecule has 4 heteroatoms. The van der Waals surface area contributed by atoms with E-state index in [-0.39, 0.29) is 5.91 Å². The molecule has 1 fully saturated rings. The van der Waals surface area contributed by atoms with E-state index in [1.165, 1.54) is 0 Å². The Bertz CT molecular complexity index is 442. The van der Waals surface area contributed by atoms with Gasteiger partial charge in [-0.2, -0.15) is 0 Å². The lowest BCUT2D eigenvalue weighted by Crippen LogP contribution is -2.31. The first-order valence-electron chi connectivity index (χ1n) is 7.34. The predicted octanol–water partition coefficient (Wildman–Crippen LogP) is 3.61. The lowest BCUT2D eigenvalue weighted by atomic mass is 9.89. The zero-order chi connectivity index (χ0) is 14.4.